The molecule has 0 aliphatic carbocycles. The summed E-state index contributed by atoms with van der Waals surface area (Å²) in [5.41, 5.74) is 2.51. The highest BCUT2D eigenvalue weighted by Gasteiger charge is 2.29. The summed E-state index contributed by atoms with van der Waals surface area (Å²) in [6.45, 7) is 4.01. The number of benzene rings is 1. The molecule has 1 fully saturated rings. The Hall–Kier alpha value is -1.61. The predicted octanol–water partition coefficient (Wildman–Crippen LogP) is 2.30. The third kappa shape index (κ3) is 3.67. The Balaban J connectivity index is 2.00. The maximum absolute atomic E-state index is 11.8. The maximum atomic E-state index is 11.8. The molecule has 19 heavy (non-hydrogen) atoms. The van der Waals surface area contributed by atoms with Crippen LogP contribution < -0.4 is 5.32 Å². The van der Waals surface area contributed by atoms with Crippen molar-refractivity contribution < 1.29 is 4.79 Å². The number of hydrogen-bond acceptors (Lipinski definition) is 2. The van der Waals surface area contributed by atoms with Gasteiger partial charge in [0, 0.05) is 13.6 Å². The number of likely N-dealkylation sites (tertiary alicyclic amines) is 1. The SMILES string of the molecule is CNC(=O)[C@@H]1CCCN1C/C(C)=C/c1ccccc1. The lowest BCUT2D eigenvalue weighted by atomic mass is 10.1. The second-order valence-corrected chi connectivity index (χ2v) is 5.14. The van der Waals surface area contributed by atoms with Crippen LogP contribution in [0.15, 0.2) is 35.9 Å². The normalized spacial score (nSPS) is 20.5. The van der Waals surface area contributed by atoms with E-state index in [0.29, 0.717) is 0 Å². The van der Waals surface area contributed by atoms with Crippen molar-refractivity contribution in [2.45, 2.75) is 25.8 Å². The summed E-state index contributed by atoms with van der Waals surface area (Å²) in [4.78, 5) is 14.1. The molecule has 102 valence electrons. The fourth-order valence-electron chi connectivity index (χ4n) is 2.68. The Morgan fingerprint density at radius 1 is 1.42 bits per heavy atom. The first kappa shape index (κ1) is 13.8. The lowest BCUT2D eigenvalue weighted by molar-refractivity contribution is -0.124. The Morgan fingerprint density at radius 3 is 2.84 bits per heavy atom. The van der Waals surface area contributed by atoms with Crippen LogP contribution in [0.1, 0.15) is 25.3 Å². The molecule has 1 aliphatic heterocycles. The molecular formula is C16H22N2O. The molecule has 1 aliphatic rings. The molecule has 0 radical (unpaired) electrons. The molecular weight excluding hydrogens is 236 g/mol. The van der Waals surface area contributed by atoms with Crippen LogP contribution >= 0.6 is 0 Å². The van der Waals surface area contributed by atoms with Gasteiger partial charge in [-0.2, -0.15) is 0 Å². The number of rotatable bonds is 4. The summed E-state index contributed by atoms with van der Waals surface area (Å²) < 4.78 is 0. The van der Waals surface area contributed by atoms with E-state index in [1.54, 1.807) is 7.05 Å². The minimum absolute atomic E-state index is 0.0455. The second-order valence-electron chi connectivity index (χ2n) is 5.14. The quantitative estimate of drug-likeness (QED) is 0.898. The highest BCUT2D eigenvalue weighted by molar-refractivity contribution is 5.81. The van der Waals surface area contributed by atoms with Gasteiger partial charge in [0.15, 0.2) is 0 Å². The van der Waals surface area contributed by atoms with Gasteiger partial charge in [0.05, 0.1) is 6.04 Å². The standard InChI is InChI=1S/C16H22N2O/c1-13(11-14-7-4-3-5-8-14)12-18-10-6-9-15(18)16(19)17-2/h3-5,7-8,11,15H,6,9-10,12H2,1-2H3,(H,17,19)/b13-11+/t15-/m0/s1. The highest BCUT2D eigenvalue weighted by atomic mass is 16.2. The molecule has 1 saturated heterocycles. The molecule has 3 heteroatoms. The molecule has 0 unspecified atom stereocenters. The van der Waals surface area contributed by atoms with Gasteiger partial charge in [-0.05, 0) is 31.9 Å². The lowest BCUT2D eigenvalue weighted by Crippen LogP contribution is -2.42. The van der Waals surface area contributed by atoms with Gasteiger partial charge in [0.1, 0.15) is 0 Å². The van der Waals surface area contributed by atoms with Crippen molar-refractivity contribution in [3.8, 4) is 0 Å². The molecule has 0 bridgehead atoms. The Labute approximate surface area is 115 Å². The number of hydrogen-bond donors (Lipinski definition) is 1. The zero-order valence-electron chi connectivity index (χ0n) is 11.7. The molecule has 1 heterocycles. The largest absolute Gasteiger partial charge is 0.358 e. The summed E-state index contributed by atoms with van der Waals surface area (Å²) in [5, 5.41) is 2.76. The first-order chi connectivity index (χ1) is 9.20. The van der Waals surface area contributed by atoms with E-state index in [2.05, 4.69) is 35.3 Å². The van der Waals surface area contributed by atoms with E-state index in [1.807, 2.05) is 18.2 Å². The van der Waals surface area contributed by atoms with Crippen LogP contribution in [-0.2, 0) is 4.79 Å². The van der Waals surface area contributed by atoms with E-state index in [1.165, 1.54) is 11.1 Å². The zero-order valence-corrected chi connectivity index (χ0v) is 11.7. The summed E-state index contributed by atoms with van der Waals surface area (Å²) >= 11 is 0. The van der Waals surface area contributed by atoms with E-state index < -0.39 is 0 Å². The van der Waals surface area contributed by atoms with Crippen LogP contribution in [-0.4, -0.2) is 37.0 Å². The Kier molecular flexibility index (Phi) is 4.74. The van der Waals surface area contributed by atoms with Crippen LogP contribution in [0.3, 0.4) is 0 Å². The molecule has 0 aromatic heterocycles. The topological polar surface area (TPSA) is 32.3 Å². The van der Waals surface area contributed by atoms with Crippen molar-refractivity contribution in [1.82, 2.24) is 10.2 Å². The van der Waals surface area contributed by atoms with Crippen molar-refractivity contribution in [3.63, 3.8) is 0 Å². The van der Waals surface area contributed by atoms with E-state index in [4.69, 9.17) is 0 Å². The lowest BCUT2D eigenvalue weighted by Gasteiger charge is -2.23. The van der Waals surface area contributed by atoms with Crippen LogP contribution in [0.2, 0.25) is 0 Å². The van der Waals surface area contributed by atoms with Crippen molar-refractivity contribution in [3.05, 3.63) is 41.5 Å². The van der Waals surface area contributed by atoms with E-state index in [0.717, 1.165) is 25.9 Å². The van der Waals surface area contributed by atoms with Gasteiger partial charge in [-0.25, -0.2) is 0 Å². The van der Waals surface area contributed by atoms with E-state index in [9.17, 15) is 4.79 Å². The number of nitrogens with one attached hydrogen (secondary N) is 1. The van der Waals surface area contributed by atoms with E-state index >= 15 is 0 Å². The summed E-state index contributed by atoms with van der Waals surface area (Å²) in [6, 6.07) is 10.4. The number of nitrogens with zero attached hydrogens (tertiary/aromatic N) is 1. The Morgan fingerprint density at radius 2 is 2.16 bits per heavy atom. The number of carbonyl (C=O) groups excluding carboxylic acids is 1. The molecule has 0 spiro atoms. The number of amides is 1. The van der Waals surface area contributed by atoms with Gasteiger partial charge in [-0.1, -0.05) is 42.0 Å². The van der Waals surface area contributed by atoms with Crippen molar-refractivity contribution in [1.29, 1.82) is 0 Å². The molecule has 1 atom stereocenters. The minimum Gasteiger partial charge on any atom is -0.358 e. The first-order valence-corrected chi connectivity index (χ1v) is 6.88. The van der Waals surface area contributed by atoms with Gasteiger partial charge in [-0.15, -0.1) is 0 Å². The third-order valence-electron chi connectivity index (χ3n) is 3.58. The van der Waals surface area contributed by atoms with Gasteiger partial charge in [-0.3, -0.25) is 9.69 Å². The van der Waals surface area contributed by atoms with Crippen LogP contribution in [0.5, 0.6) is 0 Å². The van der Waals surface area contributed by atoms with Crippen LogP contribution in [0, 0.1) is 0 Å². The molecule has 0 saturated carbocycles. The van der Waals surface area contributed by atoms with Gasteiger partial charge >= 0.3 is 0 Å². The van der Waals surface area contributed by atoms with E-state index in [-0.39, 0.29) is 11.9 Å². The van der Waals surface area contributed by atoms with Crippen LogP contribution in [0.25, 0.3) is 6.08 Å². The molecule has 1 aromatic carbocycles. The Bertz CT molecular complexity index is 453. The zero-order chi connectivity index (χ0) is 13.7. The number of likely N-dealkylation sites (N-methyl/N-ethyl adjacent to an activating group) is 1. The molecule has 1 amide bonds. The smallest absolute Gasteiger partial charge is 0.237 e. The number of carbonyl (C=O) groups is 1. The van der Waals surface area contributed by atoms with Gasteiger partial charge < -0.3 is 5.32 Å². The van der Waals surface area contributed by atoms with Gasteiger partial charge in [0.25, 0.3) is 0 Å². The fraction of sp³-hybridized carbons (Fsp3) is 0.438. The van der Waals surface area contributed by atoms with Gasteiger partial charge in [0.2, 0.25) is 5.91 Å². The average Bonchev–Trinajstić information content (AvgIpc) is 2.87. The third-order valence-corrected chi connectivity index (χ3v) is 3.58. The predicted molar refractivity (Wildman–Crippen MR) is 78.8 cm³/mol. The molecule has 3 nitrogen and oxygen atoms in total. The van der Waals surface area contributed by atoms with Crippen molar-refractivity contribution in [2.75, 3.05) is 20.1 Å². The van der Waals surface area contributed by atoms with Crippen molar-refractivity contribution >= 4 is 12.0 Å². The summed E-state index contributed by atoms with van der Waals surface area (Å²) in [7, 11) is 1.71. The van der Waals surface area contributed by atoms with Crippen LogP contribution in [0.4, 0.5) is 0 Å². The first-order valence-electron chi connectivity index (χ1n) is 6.88. The molecule has 2 rings (SSSR count). The average molecular weight is 258 g/mol. The summed E-state index contributed by atoms with van der Waals surface area (Å²) in [5.74, 6) is 0.144. The molecule has 1 aromatic rings. The fourth-order valence-corrected chi connectivity index (χ4v) is 2.68. The summed E-state index contributed by atoms with van der Waals surface area (Å²) in [6.07, 6.45) is 4.27. The maximum Gasteiger partial charge on any atom is 0.237 e. The minimum atomic E-state index is 0.0455. The second kappa shape index (κ2) is 6.53. The molecule has 1 N–H and O–H groups in total. The van der Waals surface area contributed by atoms with Crippen molar-refractivity contribution in [2.24, 2.45) is 0 Å². The highest BCUT2D eigenvalue weighted by Crippen LogP contribution is 2.19. The monoisotopic (exact) mass is 258 g/mol.